The molecule has 2 N–H and O–H groups in total. The molecule has 118 valence electrons. The maximum atomic E-state index is 9.41. The van der Waals surface area contributed by atoms with E-state index in [9.17, 15) is 5.11 Å². The summed E-state index contributed by atoms with van der Waals surface area (Å²) in [6.07, 6.45) is 4.82. The second kappa shape index (κ2) is 8.27. The molecule has 0 bridgehead atoms. The first-order valence-electron chi connectivity index (χ1n) is 7.09. The summed E-state index contributed by atoms with van der Waals surface area (Å²) in [4.78, 5) is 7.10. The van der Waals surface area contributed by atoms with Crippen molar-refractivity contribution in [1.82, 2.24) is 10.2 Å². The number of rotatable bonds is 9. The lowest BCUT2D eigenvalue weighted by Gasteiger charge is -2.36. The van der Waals surface area contributed by atoms with Gasteiger partial charge >= 0.3 is 0 Å². The zero-order valence-electron chi connectivity index (χ0n) is 14.0. The highest BCUT2D eigenvalue weighted by atomic mass is 16.6. The molecule has 0 aliphatic carbocycles. The van der Waals surface area contributed by atoms with E-state index in [-0.39, 0.29) is 12.3 Å². The van der Waals surface area contributed by atoms with Gasteiger partial charge in [0.25, 0.3) is 0 Å². The highest BCUT2D eigenvalue weighted by molar-refractivity contribution is 5.98. The molecule has 0 saturated heterocycles. The van der Waals surface area contributed by atoms with E-state index in [4.69, 9.17) is 4.84 Å². The third kappa shape index (κ3) is 5.92. The Labute approximate surface area is 123 Å². The molecule has 5 heteroatoms. The molecule has 0 aromatic heterocycles. The fourth-order valence-electron chi connectivity index (χ4n) is 1.61. The Kier molecular flexibility index (Phi) is 7.83. The van der Waals surface area contributed by atoms with Gasteiger partial charge in [-0.05, 0) is 46.1 Å². The molecule has 0 spiro atoms. The smallest absolute Gasteiger partial charge is 0.106 e. The first kappa shape index (κ1) is 18.9. The van der Waals surface area contributed by atoms with E-state index in [1.165, 1.54) is 7.11 Å². The number of nitrogens with zero attached hydrogens (tertiary/aromatic N) is 2. The molecule has 20 heavy (non-hydrogen) atoms. The maximum absolute atomic E-state index is 9.41. The summed E-state index contributed by atoms with van der Waals surface area (Å²) in [5.74, 6) is 0. The lowest BCUT2D eigenvalue weighted by molar-refractivity contribution is 0.134. The minimum atomic E-state index is -0.437. The Hall–Kier alpha value is -1.07. The van der Waals surface area contributed by atoms with E-state index in [1.807, 2.05) is 26.1 Å². The molecule has 0 fully saturated rings. The van der Waals surface area contributed by atoms with Crippen molar-refractivity contribution in [2.45, 2.75) is 46.7 Å². The van der Waals surface area contributed by atoms with Crippen LogP contribution < -0.4 is 5.32 Å². The molecular weight excluding hydrogens is 254 g/mol. The predicted octanol–water partition coefficient (Wildman–Crippen LogP) is 2.19. The molecule has 0 heterocycles. The Morgan fingerprint density at radius 2 is 1.95 bits per heavy atom. The van der Waals surface area contributed by atoms with Crippen molar-refractivity contribution < 1.29 is 9.94 Å². The van der Waals surface area contributed by atoms with Crippen LogP contribution in [0.25, 0.3) is 0 Å². The molecule has 0 amide bonds. The molecule has 0 unspecified atom stereocenters. The van der Waals surface area contributed by atoms with E-state index in [2.05, 4.69) is 43.2 Å². The number of nitrogens with one attached hydrogen (secondary N) is 1. The Morgan fingerprint density at radius 1 is 1.35 bits per heavy atom. The van der Waals surface area contributed by atoms with E-state index in [0.29, 0.717) is 5.71 Å². The summed E-state index contributed by atoms with van der Waals surface area (Å²) < 4.78 is 0. The fourth-order valence-corrected chi connectivity index (χ4v) is 1.61. The molecule has 0 saturated carbocycles. The third-order valence-electron chi connectivity index (χ3n) is 3.47. The second-order valence-corrected chi connectivity index (χ2v) is 6.16. The van der Waals surface area contributed by atoms with Crippen LogP contribution in [0.1, 0.15) is 41.0 Å². The molecule has 0 aromatic carbocycles. The van der Waals surface area contributed by atoms with Crippen LogP contribution in [0.3, 0.4) is 0 Å². The topological polar surface area (TPSA) is 57.1 Å². The van der Waals surface area contributed by atoms with Gasteiger partial charge in [0.2, 0.25) is 0 Å². The maximum Gasteiger partial charge on any atom is 0.106 e. The van der Waals surface area contributed by atoms with Crippen LogP contribution in [0.5, 0.6) is 0 Å². The number of hydrogen-bond acceptors (Lipinski definition) is 5. The van der Waals surface area contributed by atoms with Crippen LogP contribution >= 0.6 is 0 Å². The number of oxime groups is 1. The highest BCUT2D eigenvalue weighted by Gasteiger charge is 2.24. The average molecular weight is 285 g/mol. The Bertz CT molecular complexity index is 336. The minimum absolute atomic E-state index is 0.0126. The summed E-state index contributed by atoms with van der Waals surface area (Å²) in [5.41, 5.74) is 0.116. The van der Waals surface area contributed by atoms with Gasteiger partial charge in [0, 0.05) is 5.41 Å². The van der Waals surface area contributed by atoms with Crippen LogP contribution in [0.4, 0.5) is 0 Å². The zero-order valence-corrected chi connectivity index (χ0v) is 14.0. The molecule has 0 radical (unpaired) electrons. The van der Waals surface area contributed by atoms with Gasteiger partial charge in [-0.3, -0.25) is 4.90 Å². The molecule has 5 nitrogen and oxygen atoms in total. The number of aliphatic hydroxyl groups is 1. The van der Waals surface area contributed by atoms with Gasteiger partial charge in [0.05, 0.1) is 18.0 Å². The SMILES string of the molecule is CCCN(C)C(C)(C)N/C=C/C(=NOC)C(C)(C)CO. The van der Waals surface area contributed by atoms with Gasteiger partial charge in [-0.2, -0.15) is 0 Å². The second-order valence-electron chi connectivity index (χ2n) is 6.16. The van der Waals surface area contributed by atoms with E-state index < -0.39 is 5.41 Å². The van der Waals surface area contributed by atoms with Crippen LogP contribution in [-0.2, 0) is 4.84 Å². The quantitative estimate of drug-likeness (QED) is 0.387. The van der Waals surface area contributed by atoms with Gasteiger partial charge in [0.15, 0.2) is 0 Å². The largest absolute Gasteiger partial charge is 0.399 e. The number of hydrogen-bond donors (Lipinski definition) is 2. The summed E-state index contributed by atoms with van der Waals surface area (Å²) in [6.45, 7) is 11.3. The van der Waals surface area contributed by atoms with Crippen molar-refractivity contribution in [2.75, 3.05) is 27.3 Å². The molecule has 0 atom stereocenters. The van der Waals surface area contributed by atoms with Gasteiger partial charge in [-0.15, -0.1) is 0 Å². The summed E-state index contributed by atoms with van der Waals surface area (Å²) in [5, 5.41) is 16.7. The van der Waals surface area contributed by atoms with Crippen molar-refractivity contribution in [2.24, 2.45) is 10.6 Å². The number of allylic oxidation sites excluding steroid dienone is 1. The van der Waals surface area contributed by atoms with E-state index in [1.54, 1.807) is 0 Å². The summed E-state index contributed by atoms with van der Waals surface area (Å²) >= 11 is 0. The third-order valence-corrected chi connectivity index (χ3v) is 3.47. The lowest BCUT2D eigenvalue weighted by atomic mass is 9.88. The minimum Gasteiger partial charge on any atom is -0.399 e. The highest BCUT2D eigenvalue weighted by Crippen LogP contribution is 2.18. The van der Waals surface area contributed by atoms with Crippen LogP contribution in [-0.4, -0.2) is 48.7 Å². The lowest BCUT2D eigenvalue weighted by Crippen LogP contribution is -2.51. The normalized spacial score (nSPS) is 14.2. The monoisotopic (exact) mass is 285 g/mol. The van der Waals surface area contributed by atoms with Crippen LogP contribution in [0.15, 0.2) is 17.4 Å². The Balaban J connectivity index is 4.80. The van der Waals surface area contributed by atoms with Gasteiger partial charge in [-0.1, -0.05) is 25.9 Å². The molecule has 0 aliphatic rings. The molecule has 0 aliphatic heterocycles. The Morgan fingerprint density at radius 3 is 2.40 bits per heavy atom. The van der Waals surface area contributed by atoms with Gasteiger partial charge < -0.3 is 15.3 Å². The molecule has 0 rings (SSSR count). The molecule has 0 aromatic rings. The van der Waals surface area contributed by atoms with Crippen molar-refractivity contribution >= 4 is 5.71 Å². The van der Waals surface area contributed by atoms with Crippen LogP contribution in [0, 0.1) is 5.41 Å². The first-order chi connectivity index (χ1) is 9.21. The fraction of sp³-hybridized carbons (Fsp3) is 0.800. The summed E-state index contributed by atoms with van der Waals surface area (Å²) in [7, 11) is 3.60. The predicted molar refractivity (Wildman–Crippen MR) is 84.6 cm³/mol. The van der Waals surface area contributed by atoms with Crippen LogP contribution in [0.2, 0.25) is 0 Å². The molecular formula is C15H31N3O2. The van der Waals surface area contributed by atoms with Gasteiger partial charge in [-0.25, -0.2) is 0 Å². The van der Waals surface area contributed by atoms with Crippen molar-refractivity contribution in [3.8, 4) is 0 Å². The number of aliphatic hydroxyl groups excluding tert-OH is 1. The first-order valence-corrected chi connectivity index (χ1v) is 7.09. The zero-order chi connectivity index (χ0) is 15.8. The average Bonchev–Trinajstić information content (AvgIpc) is 2.37. The summed E-state index contributed by atoms with van der Waals surface area (Å²) in [6, 6.07) is 0. The van der Waals surface area contributed by atoms with Crippen molar-refractivity contribution in [3.05, 3.63) is 12.3 Å². The van der Waals surface area contributed by atoms with E-state index >= 15 is 0 Å². The van der Waals surface area contributed by atoms with Gasteiger partial charge in [0.1, 0.15) is 7.11 Å². The van der Waals surface area contributed by atoms with Crippen molar-refractivity contribution in [1.29, 1.82) is 0 Å². The standard InChI is InChI=1S/C15H31N3O2/c1-8-11-18(6)15(4,5)16-10-9-13(17-20-7)14(2,3)12-19/h9-10,16,19H,8,11-12H2,1-7H3/b10-9+,17-13?. The van der Waals surface area contributed by atoms with E-state index in [0.717, 1.165) is 13.0 Å². The van der Waals surface area contributed by atoms with Crippen molar-refractivity contribution in [3.63, 3.8) is 0 Å².